The fourth-order valence-corrected chi connectivity index (χ4v) is 1.45. The Bertz CT molecular complexity index is 374. The van der Waals surface area contributed by atoms with Crippen LogP contribution in [-0.4, -0.2) is 27.0 Å². The molecule has 0 bridgehead atoms. The minimum atomic E-state index is -0.895. The van der Waals surface area contributed by atoms with E-state index in [1.165, 1.54) is 0 Å². The van der Waals surface area contributed by atoms with Crippen molar-refractivity contribution in [1.29, 1.82) is 0 Å². The lowest BCUT2D eigenvalue weighted by molar-refractivity contribution is -0.140. The first kappa shape index (κ1) is 9.70. The van der Waals surface area contributed by atoms with Gasteiger partial charge in [-0.1, -0.05) is 0 Å². The van der Waals surface area contributed by atoms with Gasteiger partial charge in [0, 0.05) is 12.4 Å². The molecule has 1 saturated carbocycles. The Morgan fingerprint density at radius 1 is 1.60 bits per heavy atom. The second kappa shape index (κ2) is 3.72. The first-order chi connectivity index (χ1) is 7.18. The van der Waals surface area contributed by atoms with Crippen LogP contribution in [-0.2, 0) is 16.1 Å². The molecule has 6 heteroatoms. The standard InChI is InChI=1S/C9H11N3O3/c13-8(5-3-6(5)9(14)15)12-4-7-10-1-2-11-7/h1-2,5-6H,3-4H2,(H,10,11)(H,12,13)(H,14,15). The maximum atomic E-state index is 11.4. The van der Waals surface area contributed by atoms with Crippen LogP contribution in [0.25, 0.3) is 0 Å². The average molecular weight is 209 g/mol. The Morgan fingerprint density at radius 2 is 2.40 bits per heavy atom. The minimum absolute atomic E-state index is 0.209. The smallest absolute Gasteiger partial charge is 0.307 e. The summed E-state index contributed by atoms with van der Waals surface area (Å²) in [7, 11) is 0. The molecule has 0 aromatic carbocycles. The van der Waals surface area contributed by atoms with Gasteiger partial charge in [-0.05, 0) is 6.42 Å². The molecule has 15 heavy (non-hydrogen) atoms. The number of H-pyrrole nitrogens is 1. The van der Waals surface area contributed by atoms with Gasteiger partial charge in [0.05, 0.1) is 18.4 Å². The molecule has 2 unspecified atom stereocenters. The molecule has 0 radical (unpaired) electrons. The number of aliphatic carboxylic acids is 1. The summed E-state index contributed by atoms with van der Waals surface area (Å²) in [6.45, 7) is 0.314. The molecule has 2 rings (SSSR count). The highest BCUT2D eigenvalue weighted by Gasteiger charge is 2.48. The first-order valence-corrected chi connectivity index (χ1v) is 4.67. The Morgan fingerprint density at radius 3 is 2.93 bits per heavy atom. The predicted octanol–water partition coefficient (Wildman–Crippen LogP) is -0.253. The zero-order valence-electron chi connectivity index (χ0n) is 7.93. The molecule has 1 fully saturated rings. The Kier molecular flexibility index (Phi) is 2.40. The van der Waals surface area contributed by atoms with Crippen LogP contribution in [0.1, 0.15) is 12.2 Å². The summed E-state index contributed by atoms with van der Waals surface area (Å²) < 4.78 is 0. The molecular formula is C9H11N3O3. The zero-order valence-corrected chi connectivity index (χ0v) is 7.93. The number of aromatic nitrogens is 2. The van der Waals surface area contributed by atoms with Crippen LogP contribution in [0.3, 0.4) is 0 Å². The maximum Gasteiger partial charge on any atom is 0.307 e. The topological polar surface area (TPSA) is 95.1 Å². The molecule has 6 nitrogen and oxygen atoms in total. The number of carbonyl (C=O) groups is 2. The number of carbonyl (C=O) groups excluding carboxylic acids is 1. The van der Waals surface area contributed by atoms with E-state index >= 15 is 0 Å². The molecule has 3 N–H and O–H groups in total. The molecule has 0 spiro atoms. The van der Waals surface area contributed by atoms with Crippen molar-refractivity contribution in [2.75, 3.05) is 0 Å². The fraction of sp³-hybridized carbons (Fsp3) is 0.444. The Hall–Kier alpha value is -1.85. The van der Waals surface area contributed by atoms with Gasteiger partial charge in [0.15, 0.2) is 0 Å². The van der Waals surface area contributed by atoms with Crippen molar-refractivity contribution in [3.8, 4) is 0 Å². The van der Waals surface area contributed by atoms with Gasteiger partial charge >= 0.3 is 5.97 Å². The van der Waals surface area contributed by atoms with Gasteiger partial charge in [0.1, 0.15) is 5.82 Å². The number of rotatable bonds is 4. The van der Waals surface area contributed by atoms with Crippen molar-refractivity contribution in [3.05, 3.63) is 18.2 Å². The summed E-state index contributed by atoms with van der Waals surface area (Å²) in [5.74, 6) is -1.30. The average Bonchev–Trinajstić information content (AvgIpc) is 2.85. The summed E-state index contributed by atoms with van der Waals surface area (Å²) in [4.78, 5) is 28.7. The summed E-state index contributed by atoms with van der Waals surface area (Å²) in [6, 6.07) is 0. The van der Waals surface area contributed by atoms with Crippen molar-refractivity contribution in [3.63, 3.8) is 0 Å². The lowest BCUT2D eigenvalue weighted by atomic mass is 10.3. The van der Waals surface area contributed by atoms with E-state index in [2.05, 4.69) is 15.3 Å². The molecule has 0 aliphatic heterocycles. The van der Waals surface area contributed by atoms with Gasteiger partial charge in [0.2, 0.25) is 5.91 Å². The number of amides is 1. The summed E-state index contributed by atoms with van der Waals surface area (Å²) in [5, 5.41) is 11.3. The summed E-state index contributed by atoms with van der Waals surface area (Å²) >= 11 is 0. The Labute approximate surface area is 85.7 Å². The SMILES string of the molecule is O=C(O)C1CC1C(=O)NCc1ncc[nH]1. The molecule has 1 aliphatic rings. The van der Waals surface area contributed by atoms with Crippen LogP contribution in [0.2, 0.25) is 0 Å². The van der Waals surface area contributed by atoms with Crippen LogP contribution in [0.4, 0.5) is 0 Å². The lowest BCUT2D eigenvalue weighted by Crippen LogP contribution is -2.26. The second-order valence-corrected chi connectivity index (χ2v) is 3.54. The van der Waals surface area contributed by atoms with Crippen LogP contribution in [0.5, 0.6) is 0 Å². The molecule has 1 aromatic heterocycles. The first-order valence-electron chi connectivity index (χ1n) is 4.67. The van der Waals surface area contributed by atoms with Gasteiger partial charge < -0.3 is 15.4 Å². The molecule has 1 amide bonds. The van der Waals surface area contributed by atoms with Crippen molar-refractivity contribution >= 4 is 11.9 Å². The van der Waals surface area contributed by atoms with E-state index in [4.69, 9.17) is 5.11 Å². The maximum absolute atomic E-state index is 11.4. The normalized spacial score (nSPS) is 23.5. The van der Waals surface area contributed by atoms with E-state index in [1.54, 1.807) is 12.4 Å². The van der Waals surface area contributed by atoms with Gasteiger partial charge in [-0.15, -0.1) is 0 Å². The highest BCUT2D eigenvalue weighted by Crippen LogP contribution is 2.38. The van der Waals surface area contributed by atoms with Crippen LogP contribution in [0.15, 0.2) is 12.4 Å². The second-order valence-electron chi connectivity index (χ2n) is 3.54. The third kappa shape index (κ3) is 2.15. The van der Waals surface area contributed by atoms with Crippen LogP contribution < -0.4 is 5.32 Å². The van der Waals surface area contributed by atoms with E-state index in [0.29, 0.717) is 18.8 Å². The number of carboxylic acids is 1. The molecule has 1 aromatic rings. The van der Waals surface area contributed by atoms with E-state index in [-0.39, 0.29) is 11.8 Å². The van der Waals surface area contributed by atoms with Crippen molar-refractivity contribution < 1.29 is 14.7 Å². The molecule has 1 heterocycles. The quantitative estimate of drug-likeness (QED) is 0.637. The minimum Gasteiger partial charge on any atom is -0.481 e. The molecule has 2 atom stereocenters. The van der Waals surface area contributed by atoms with E-state index in [0.717, 1.165) is 0 Å². The van der Waals surface area contributed by atoms with E-state index in [1.807, 2.05) is 0 Å². The number of aromatic amines is 1. The molecule has 80 valence electrons. The number of imidazole rings is 1. The Balaban J connectivity index is 1.77. The number of hydrogen-bond acceptors (Lipinski definition) is 3. The third-order valence-electron chi connectivity index (χ3n) is 2.43. The van der Waals surface area contributed by atoms with Crippen LogP contribution >= 0.6 is 0 Å². The third-order valence-corrected chi connectivity index (χ3v) is 2.43. The van der Waals surface area contributed by atoms with Crippen molar-refractivity contribution in [2.45, 2.75) is 13.0 Å². The van der Waals surface area contributed by atoms with Crippen LogP contribution in [0, 0.1) is 11.8 Å². The number of carboxylic acid groups (broad SMARTS) is 1. The van der Waals surface area contributed by atoms with Gasteiger partial charge in [0.25, 0.3) is 0 Å². The van der Waals surface area contributed by atoms with Gasteiger partial charge in [-0.3, -0.25) is 9.59 Å². The van der Waals surface area contributed by atoms with Gasteiger partial charge in [-0.2, -0.15) is 0 Å². The largest absolute Gasteiger partial charge is 0.481 e. The lowest BCUT2D eigenvalue weighted by Gasteiger charge is -2.01. The number of nitrogens with one attached hydrogen (secondary N) is 2. The van der Waals surface area contributed by atoms with Gasteiger partial charge in [-0.25, -0.2) is 4.98 Å². The van der Waals surface area contributed by atoms with E-state index < -0.39 is 11.9 Å². The number of nitrogens with zero attached hydrogens (tertiary/aromatic N) is 1. The molecular weight excluding hydrogens is 198 g/mol. The molecule has 0 saturated heterocycles. The van der Waals surface area contributed by atoms with E-state index in [9.17, 15) is 9.59 Å². The summed E-state index contributed by atoms with van der Waals surface area (Å²) in [5.41, 5.74) is 0. The fourth-order valence-electron chi connectivity index (χ4n) is 1.45. The zero-order chi connectivity index (χ0) is 10.8. The van der Waals surface area contributed by atoms with Crippen molar-refractivity contribution in [2.24, 2.45) is 11.8 Å². The summed E-state index contributed by atoms with van der Waals surface area (Å²) in [6.07, 6.45) is 3.71. The predicted molar refractivity (Wildman–Crippen MR) is 49.7 cm³/mol. The molecule has 1 aliphatic carbocycles. The monoisotopic (exact) mass is 209 g/mol. The van der Waals surface area contributed by atoms with Crippen molar-refractivity contribution in [1.82, 2.24) is 15.3 Å². The highest BCUT2D eigenvalue weighted by molar-refractivity contribution is 5.89. The highest BCUT2D eigenvalue weighted by atomic mass is 16.4. The number of hydrogen-bond donors (Lipinski definition) is 3.